The zero-order valence-corrected chi connectivity index (χ0v) is 10.8. The van der Waals surface area contributed by atoms with Crippen molar-refractivity contribution < 1.29 is 14.3 Å². The molecule has 0 saturated carbocycles. The average Bonchev–Trinajstić information content (AvgIpc) is 2.65. The van der Waals surface area contributed by atoms with Crippen molar-refractivity contribution in [3.05, 3.63) is 40.3 Å². The molecule has 0 fully saturated rings. The fourth-order valence-electron chi connectivity index (χ4n) is 1.42. The van der Waals surface area contributed by atoms with Gasteiger partial charge in [0.2, 0.25) is 0 Å². The number of benzene rings is 1. The molecule has 2 aromatic rings. The fourth-order valence-corrected chi connectivity index (χ4v) is 2.39. The maximum Gasteiger partial charge on any atom is 0.340 e. The van der Waals surface area contributed by atoms with Crippen molar-refractivity contribution in [1.29, 1.82) is 0 Å². The van der Waals surface area contributed by atoms with E-state index < -0.39 is 11.8 Å². The summed E-state index contributed by atoms with van der Waals surface area (Å²) < 4.78 is 17.0. The highest BCUT2D eigenvalue weighted by Gasteiger charge is 2.18. The molecule has 1 aromatic heterocycles. The molecule has 94 valence electrons. The number of carboxylic acid groups (broad SMARTS) is 1. The number of aromatic nitrogens is 1. The normalized spacial score (nSPS) is 10.4. The van der Waals surface area contributed by atoms with Crippen LogP contribution >= 0.6 is 23.1 Å². The second kappa shape index (κ2) is 4.91. The van der Waals surface area contributed by atoms with E-state index in [2.05, 4.69) is 9.69 Å². The quantitative estimate of drug-likeness (QED) is 0.903. The van der Waals surface area contributed by atoms with Gasteiger partial charge in [-0.05, 0) is 36.7 Å². The SMILES string of the molecule is Cc1nsc(Nc2cc(F)ccc2Cl)c1C(=O)O. The smallest absolute Gasteiger partial charge is 0.340 e. The van der Waals surface area contributed by atoms with E-state index in [1.54, 1.807) is 6.92 Å². The Kier molecular flexibility index (Phi) is 3.49. The van der Waals surface area contributed by atoms with Gasteiger partial charge in [-0.3, -0.25) is 0 Å². The van der Waals surface area contributed by atoms with Crippen LogP contribution in [-0.4, -0.2) is 15.4 Å². The van der Waals surface area contributed by atoms with E-state index in [1.165, 1.54) is 18.2 Å². The largest absolute Gasteiger partial charge is 0.478 e. The molecule has 0 atom stereocenters. The highest BCUT2D eigenvalue weighted by Crippen LogP contribution is 2.31. The first kappa shape index (κ1) is 12.8. The molecule has 2 N–H and O–H groups in total. The maximum atomic E-state index is 13.1. The Morgan fingerprint density at radius 3 is 2.94 bits per heavy atom. The summed E-state index contributed by atoms with van der Waals surface area (Å²) in [7, 11) is 0. The van der Waals surface area contributed by atoms with Crippen LogP contribution in [0.4, 0.5) is 15.1 Å². The second-order valence-corrected chi connectivity index (χ2v) is 4.71. The van der Waals surface area contributed by atoms with Crippen molar-refractivity contribution in [2.75, 3.05) is 5.32 Å². The summed E-state index contributed by atoms with van der Waals surface area (Å²) in [6.45, 7) is 1.60. The van der Waals surface area contributed by atoms with Crippen LogP contribution in [0.25, 0.3) is 0 Å². The minimum Gasteiger partial charge on any atom is -0.478 e. The fraction of sp³-hybridized carbons (Fsp3) is 0.0909. The van der Waals surface area contributed by atoms with E-state index in [9.17, 15) is 9.18 Å². The molecule has 0 unspecified atom stereocenters. The lowest BCUT2D eigenvalue weighted by molar-refractivity contribution is 0.0697. The molecule has 4 nitrogen and oxygen atoms in total. The van der Waals surface area contributed by atoms with E-state index in [0.29, 0.717) is 21.4 Å². The number of nitrogens with one attached hydrogen (secondary N) is 1. The van der Waals surface area contributed by atoms with Crippen LogP contribution in [0, 0.1) is 12.7 Å². The predicted molar refractivity (Wildman–Crippen MR) is 68.5 cm³/mol. The molecular weight excluding hydrogens is 279 g/mol. The molecule has 0 amide bonds. The maximum absolute atomic E-state index is 13.1. The number of nitrogens with zero attached hydrogens (tertiary/aromatic N) is 1. The Hall–Kier alpha value is -1.66. The Morgan fingerprint density at radius 2 is 2.28 bits per heavy atom. The molecular formula is C11H8ClFN2O2S. The molecule has 0 radical (unpaired) electrons. The second-order valence-electron chi connectivity index (χ2n) is 3.53. The van der Waals surface area contributed by atoms with Crippen LogP contribution < -0.4 is 5.32 Å². The lowest BCUT2D eigenvalue weighted by Gasteiger charge is -2.07. The number of hydrogen-bond acceptors (Lipinski definition) is 4. The van der Waals surface area contributed by atoms with Gasteiger partial charge in [0.25, 0.3) is 0 Å². The van der Waals surface area contributed by atoms with Crippen molar-refractivity contribution in [1.82, 2.24) is 4.37 Å². The number of anilines is 2. The molecule has 0 aliphatic heterocycles. The number of halogens is 2. The van der Waals surface area contributed by atoms with Gasteiger partial charge >= 0.3 is 5.97 Å². The first-order valence-corrected chi connectivity index (χ1v) is 6.06. The van der Waals surface area contributed by atoms with Gasteiger partial charge < -0.3 is 10.4 Å². The van der Waals surface area contributed by atoms with Gasteiger partial charge in [-0.1, -0.05) is 11.6 Å². The monoisotopic (exact) mass is 286 g/mol. The summed E-state index contributed by atoms with van der Waals surface area (Å²) in [4.78, 5) is 11.1. The van der Waals surface area contributed by atoms with Crippen LogP contribution in [0.5, 0.6) is 0 Å². The van der Waals surface area contributed by atoms with E-state index in [-0.39, 0.29) is 5.56 Å². The first-order valence-electron chi connectivity index (χ1n) is 4.90. The van der Waals surface area contributed by atoms with E-state index in [1.807, 2.05) is 0 Å². The van der Waals surface area contributed by atoms with E-state index >= 15 is 0 Å². The summed E-state index contributed by atoms with van der Waals surface area (Å²) in [6, 6.07) is 3.82. The van der Waals surface area contributed by atoms with Gasteiger partial charge in [-0.2, -0.15) is 4.37 Å². The lowest BCUT2D eigenvalue weighted by Crippen LogP contribution is -2.01. The van der Waals surface area contributed by atoms with E-state index in [0.717, 1.165) is 11.5 Å². The first-order chi connectivity index (χ1) is 8.49. The topological polar surface area (TPSA) is 62.2 Å². The lowest BCUT2D eigenvalue weighted by atomic mass is 10.2. The number of carboxylic acids is 1. The van der Waals surface area contributed by atoms with Crippen LogP contribution in [0.1, 0.15) is 16.1 Å². The Bertz CT molecular complexity index is 615. The van der Waals surface area contributed by atoms with Crippen LogP contribution in [-0.2, 0) is 0 Å². The van der Waals surface area contributed by atoms with Crippen molar-refractivity contribution in [2.24, 2.45) is 0 Å². The van der Waals surface area contributed by atoms with Crippen molar-refractivity contribution in [3.63, 3.8) is 0 Å². The molecule has 0 aliphatic rings. The summed E-state index contributed by atoms with van der Waals surface area (Å²) in [5, 5.41) is 12.5. The van der Waals surface area contributed by atoms with Gasteiger partial charge in [0, 0.05) is 0 Å². The van der Waals surface area contributed by atoms with Gasteiger partial charge in [-0.15, -0.1) is 0 Å². The molecule has 0 spiro atoms. The third-order valence-corrected chi connectivity index (χ3v) is 3.44. The average molecular weight is 287 g/mol. The van der Waals surface area contributed by atoms with Crippen molar-refractivity contribution in [3.8, 4) is 0 Å². The summed E-state index contributed by atoms with van der Waals surface area (Å²) in [6.07, 6.45) is 0. The summed E-state index contributed by atoms with van der Waals surface area (Å²) >= 11 is 6.88. The molecule has 0 saturated heterocycles. The molecule has 18 heavy (non-hydrogen) atoms. The number of aromatic carboxylic acids is 1. The summed E-state index contributed by atoms with van der Waals surface area (Å²) in [5.41, 5.74) is 0.783. The standard InChI is InChI=1S/C11H8ClFN2O2S/c1-5-9(11(16)17)10(18-15-5)14-8-4-6(13)2-3-7(8)12/h2-4,14H,1H3,(H,16,17). The molecule has 1 aromatic carbocycles. The summed E-state index contributed by atoms with van der Waals surface area (Å²) in [5.74, 6) is -1.55. The van der Waals surface area contributed by atoms with Gasteiger partial charge in [0.05, 0.1) is 16.4 Å². The molecule has 7 heteroatoms. The Morgan fingerprint density at radius 1 is 1.56 bits per heavy atom. The third kappa shape index (κ3) is 2.44. The van der Waals surface area contributed by atoms with Gasteiger partial charge in [-0.25, -0.2) is 9.18 Å². The number of carbonyl (C=O) groups is 1. The number of hydrogen-bond donors (Lipinski definition) is 2. The number of rotatable bonds is 3. The van der Waals surface area contributed by atoms with Gasteiger partial charge in [0.15, 0.2) is 0 Å². The molecule has 2 rings (SSSR count). The minimum absolute atomic E-state index is 0.0697. The number of aryl methyl sites for hydroxylation is 1. The molecule has 1 heterocycles. The van der Waals surface area contributed by atoms with Crippen molar-refractivity contribution in [2.45, 2.75) is 6.92 Å². The minimum atomic E-state index is -1.09. The third-order valence-electron chi connectivity index (χ3n) is 2.25. The predicted octanol–water partition coefficient (Wildman–Crippen LogP) is 3.69. The Balaban J connectivity index is 2.40. The molecule has 0 bridgehead atoms. The highest BCUT2D eigenvalue weighted by molar-refractivity contribution is 7.10. The van der Waals surface area contributed by atoms with Crippen LogP contribution in [0.2, 0.25) is 5.02 Å². The zero-order chi connectivity index (χ0) is 13.3. The van der Waals surface area contributed by atoms with Crippen LogP contribution in [0.3, 0.4) is 0 Å². The van der Waals surface area contributed by atoms with E-state index in [4.69, 9.17) is 16.7 Å². The highest BCUT2D eigenvalue weighted by atomic mass is 35.5. The Labute approximate surface area is 111 Å². The van der Waals surface area contributed by atoms with Gasteiger partial charge in [0.1, 0.15) is 16.4 Å². The molecule has 0 aliphatic carbocycles. The van der Waals surface area contributed by atoms with Crippen LogP contribution in [0.15, 0.2) is 18.2 Å². The zero-order valence-electron chi connectivity index (χ0n) is 9.20. The van der Waals surface area contributed by atoms with Crippen molar-refractivity contribution >= 4 is 39.8 Å².